The highest BCUT2D eigenvalue weighted by atomic mass is 15.3. The molecule has 1 saturated heterocycles. The summed E-state index contributed by atoms with van der Waals surface area (Å²) in [6.45, 7) is 14.3. The van der Waals surface area contributed by atoms with E-state index in [-0.39, 0.29) is 0 Å². The third-order valence-corrected chi connectivity index (χ3v) is 4.08. The van der Waals surface area contributed by atoms with Crippen molar-refractivity contribution in [3.63, 3.8) is 0 Å². The molecule has 4 nitrogen and oxygen atoms in total. The third kappa shape index (κ3) is 2.59. The van der Waals surface area contributed by atoms with E-state index in [4.69, 9.17) is 0 Å². The number of nitrogens with one attached hydrogen (secondary N) is 1. The molecule has 0 aliphatic carbocycles. The Morgan fingerprint density at radius 3 is 2.72 bits per heavy atom. The second-order valence-electron chi connectivity index (χ2n) is 5.22. The number of aryl methyl sites for hydroxylation is 2. The standard InChI is InChI=1S/C14H26N4/c1-5-18-13(4)14(11(2)16-18)12(3)17-9-6-7-15-8-10-17/h12,15H,5-10H2,1-4H3. The van der Waals surface area contributed by atoms with Crippen LogP contribution in [-0.2, 0) is 6.54 Å². The van der Waals surface area contributed by atoms with Gasteiger partial charge in [-0.05, 0) is 47.2 Å². The maximum absolute atomic E-state index is 4.64. The summed E-state index contributed by atoms with van der Waals surface area (Å²) in [7, 11) is 0. The van der Waals surface area contributed by atoms with Crippen LogP contribution in [0, 0.1) is 13.8 Å². The predicted molar refractivity (Wildman–Crippen MR) is 74.8 cm³/mol. The van der Waals surface area contributed by atoms with Crippen LogP contribution in [-0.4, -0.2) is 40.9 Å². The average Bonchev–Trinajstić information content (AvgIpc) is 2.58. The molecule has 1 aliphatic heterocycles. The summed E-state index contributed by atoms with van der Waals surface area (Å²) in [4.78, 5) is 2.58. The molecule has 1 N–H and O–H groups in total. The molecule has 4 heteroatoms. The predicted octanol–water partition coefficient (Wildman–Crippen LogP) is 1.88. The quantitative estimate of drug-likeness (QED) is 0.889. The van der Waals surface area contributed by atoms with Gasteiger partial charge in [-0.1, -0.05) is 0 Å². The highest BCUT2D eigenvalue weighted by Crippen LogP contribution is 2.26. The fourth-order valence-corrected chi connectivity index (χ4v) is 3.06. The van der Waals surface area contributed by atoms with Gasteiger partial charge in [-0.3, -0.25) is 9.58 Å². The van der Waals surface area contributed by atoms with E-state index in [9.17, 15) is 0 Å². The van der Waals surface area contributed by atoms with E-state index in [1.165, 1.54) is 29.9 Å². The molecular weight excluding hydrogens is 224 g/mol. The van der Waals surface area contributed by atoms with Crippen LogP contribution < -0.4 is 5.32 Å². The summed E-state index contributed by atoms with van der Waals surface area (Å²) in [5, 5.41) is 8.11. The Morgan fingerprint density at radius 2 is 2.06 bits per heavy atom. The van der Waals surface area contributed by atoms with E-state index in [1.54, 1.807) is 0 Å². The number of aromatic nitrogens is 2. The molecule has 1 atom stereocenters. The molecule has 0 saturated carbocycles. The van der Waals surface area contributed by atoms with Gasteiger partial charge in [0.05, 0.1) is 5.69 Å². The minimum absolute atomic E-state index is 0.477. The fourth-order valence-electron chi connectivity index (χ4n) is 3.06. The zero-order valence-corrected chi connectivity index (χ0v) is 12.2. The molecule has 1 aliphatic rings. The minimum atomic E-state index is 0.477. The Kier molecular flexibility index (Phi) is 4.40. The molecular formula is C14H26N4. The Bertz CT molecular complexity index is 389. The van der Waals surface area contributed by atoms with Crippen LogP contribution in [0.3, 0.4) is 0 Å². The van der Waals surface area contributed by atoms with Crippen LogP contribution in [0.15, 0.2) is 0 Å². The maximum atomic E-state index is 4.64. The summed E-state index contributed by atoms with van der Waals surface area (Å²) < 4.78 is 2.12. The molecule has 1 fully saturated rings. The van der Waals surface area contributed by atoms with Gasteiger partial charge in [0.1, 0.15) is 0 Å². The molecule has 2 heterocycles. The molecule has 0 bridgehead atoms. The Labute approximate surface area is 110 Å². The van der Waals surface area contributed by atoms with Gasteiger partial charge in [0.2, 0.25) is 0 Å². The largest absolute Gasteiger partial charge is 0.315 e. The van der Waals surface area contributed by atoms with Gasteiger partial charge in [0.25, 0.3) is 0 Å². The van der Waals surface area contributed by atoms with Crippen molar-refractivity contribution < 1.29 is 0 Å². The SMILES string of the molecule is CCn1nc(C)c(C(C)N2CCCNCC2)c1C. The van der Waals surface area contributed by atoms with Crippen LogP contribution in [0.25, 0.3) is 0 Å². The van der Waals surface area contributed by atoms with Crippen molar-refractivity contribution in [3.8, 4) is 0 Å². The van der Waals surface area contributed by atoms with Crippen LogP contribution in [0.4, 0.5) is 0 Å². The van der Waals surface area contributed by atoms with E-state index in [0.29, 0.717) is 6.04 Å². The highest BCUT2D eigenvalue weighted by Gasteiger charge is 2.23. The summed E-state index contributed by atoms with van der Waals surface area (Å²) in [5.41, 5.74) is 3.96. The van der Waals surface area contributed by atoms with E-state index < -0.39 is 0 Å². The highest BCUT2D eigenvalue weighted by molar-refractivity contribution is 5.28. The first kappa shape index (κ1) is 13.6. The van der Waals surface area contributed by atoms with Gasteiger partial charge in [-0.25, -0.2) is 0 Å². The van der Waals surface area contributed by atoms with Gasteiger partial charge in [-0.2, -0.15) is 5.10 Å². The topological polar surface area (TPSA) is 33.1 Å². The van der Waals surface area contributed by atoms with Crippen molar-refractivity contribution in [1.29, 1.82) is 0 Å². The average molecular weight is 250 g/mol. The molecule has 1 unspecified atom stereocenters. The molecule has 2 rings (SSSR count). The fraction of sp³-hybridized carbons (Fsp3) is 0.786. The Morgan fingerprint density at radius 1 is 1.28 bits per heavy atom. The van der Waals surface area contributed by atoms with Crippen LogP contribution in [0.1, 0.15) is 43.3 Å². The molecule has 18 heavy (non-hydrogen) atoms. The van der Waals surface area contributed by atoms with Gasteiger partial charge < -0.3 is 5.32 Å². The van der Waals surface area contributed by atoms with Gasteiger partial charge in [0, 0.05) is 36.9 Å². The van der Waals surface area contributed by atoms with Crippen molar-refractivity contribution in [3.05, 3.63) is 17.0 Å². The lowest BCUT2D eigenvalue weighted by atomic mass is 10.0. The zero-order chi connectivity index (χ0) is 13.1. The third-order valence-electron chi connectivity index (χ3n) is 4.08. The zero-order valence-electron chi connectivity index (χ0n) is 12.2. The van der Waals surface area contributed by atoms with Crippen molar-refractivity contribution in [2.24, 2.45) is 0 Å². The number of nitrogens with zero attached hydrogens (tertiary/aromatic N) is 3. The minimum Gasteiger partial charge on any atom is -0.315 e. The normalized spacial score (nSPS) is 19.8. The lowest BCUT2D eigenvalue weighted by Gasteiger charge is -2.27. The first-order valence-corrected chi connectivity index (χ1v) is 7.13. The summed E-state index contributed by atoms with van der Waals surface area (Å²) in [5.74, 6) is 0. The molecule has 0 amide bonds. The van der Waals surface area contributed by atoms with Gasteiger partial charge in [0.15, 0.2) is 0 Å². The van der Waals surface area contributed by atoms with Crippen molar-refractivity contribution in [1.82, 2.24) is 20.0 Å². The number of hydrogen-bond acceptors (Lipinski definition) is 3. The summed E-state index contributed by atoms with van der Waals surface area (Å²) in [6, 6.07) is 0.477. The van der Waals surface area contributed by atoms with E-state index in [0.717, 1.165) is 26.2 Å². The van der Waals surface area contributed by atoms with E-state index in [2.05, 4.69) is 47.7 Å². The van der Waals surface area contributed by atoms with Crippen LogP contribution >= 0.6 is 0 Å². The second kappa shape index (κ2) is 5.85. The van der Waals surface area contributed by atoms with E-state index >= 15 is 0 Å². The van der Waals surface area contributed by atoms with Gasteiger partial charge in [-0.15, -0.1) is 0 Å². The van der Waals surface area contributed by atoms with E-state index in [1.807, 2.05) is 0 Å². The lowest BCUT2D eigenvalue weighted by molar-refractivity contribution is 0.224. The lowest BCUT2D eigenvalue weighted by Crippen LogP contribution is -2.31. The smallest absolute Gasteiger partial charge is 0.0644 e. The molecule has 1 aromatic rings. The molecule has 0 spiro atoms. The van der Waals surface area contributed by atoms with Crippen molar-refractivity contribution >= 4 is 0 Å². The maximum Gasteiger partial charge on any atom is 0.0644 e. The first-order chi connectivity index (χ1) is 8.65. The molecule has 0 aromatic carbocycles. The summed E-state index contributed by atoms with van der Waals surface area (Å²) >= 11 is 0. The van der Waals surface area contributed by atoms with Crippen LogP contribution in [0.5, 0.6) is 0 Å². The van der Waals surface area contributed by atoms with Crippen molar-refractivity contribution in [2.75, 3.05) is 26.2 Å². The molecule has 1 aromatic heterocycles. The van der Waals surface area contributed by atoms with Crippen molar-refractivity contribution in [2.45, 2.75) is 46.7 Å². The Balaban J connectivity index is 2.21. The van der Waals surface area contributed by atoms with Gasteiger partial charge >= 0.3 is 0 Å². The first-order valence-electron chi connectivity index (χ1n) is 7.13. The Hall–Kier alpha value is -0.870. The molecule has 0 radical (unpaired) electrons. The summed E-state index contributed by atoms with van der Waals surface area (Å²) in [6.07, 6.45) is 1.24. The van der Waals surface area contributed by atoms with Crippen LogP contribution in [0.2, 0.25) is 0 Å². The number of hydrogen-bond donors (Lipinski definition) is 1. The number of rotatable bonds is 3. The monoisotopic (exact) mass is 250 g/mol. The molecule has 102 valence electrons. The second-order valence-corrected chi connectivity index (χ2v) is 5.22.